The van der Waals surface area contributed by atoms with Crippen molar-refractivity contribution >= 4 is 12.0 Å². The zero-order valence-electron chi connectivity index (χ0n) is 10.2. The summed E-state index contributed by atoms with van der Waals surface area (Å²) >= 11 is 0. The second kappa shape index (κ2) is 6.74. The Kier molecular flexibility index (Phi) is 5.27. The van der Waals surface area contributed by atoms with E-state index in [4.69, 9.17) is 9.84 Å². The summed E-state index contributed by atoms with van der Waals surface area (Å²) in [6, 6.07) is 7.44. The van der Waals surface area contributed by atoms with Crippen molar-refractivity contribution in [1.29, 1.82) is 0 Å². The van der Waals surface area contributed by atoms with Crippen LogP contribution in [0.2, 0.25) is 0 Å². The van der Waals surface area contributed by atoms with Gasteiger partial charge in [-0.25, -0.2) is 4.79 Å². The molecule has 0 aliphatic carbocycles. The Morgan fingerprint density at radius 2 is 2.18 bits per heavy atom. The fourth-order valence-corrected chi connectivity index (χ4v) is 1.57. The molecule has 92 valence electrons. The number of benzene rings is 1. The SMILES string of the molecule is CCCC(C)Oc1ccccc1/C=C/C(=O)O. The molecule has 0 aromatic heterocycles. The summed E-state index contributed by atoms with van der Waals surface area (Å²) in [5.74, 6) is -0.229. The quantitative estimate of drug-likeness (QED) is 0.768. The van der Waals surface area contributed by atoms with Crippen molar-refractivity contribution in [3.63, 3.8) is 0 Å². The van der Waals surface area contributed by atoms with E-state index in [1.165, 1.54) is 0 Å². The topological polar surface area (TPSA) is 46.5 Å². The predicted octanol–water partition coefficient (Wildman–Crippen LogP) is 3.35. The lowest BCUT2D eigenvalue weighted by Crippen LogP contribution is -2.11. The normalized spacial score (nSPS) is 12.6. The summed E-state index contributed by atoms with van der Waals surface area (Å²) in [6.45, 7) is 4.12. The minimum atomic E-state index is -0.957. The Hall–Kier alpha value is -1.77. The van der Waals surface area contributed by atoms with Crippen LogP contribution in [0.1, 0.15) is 32.3 Å². The minimum Gasteiger partial charge on any atom is -0.490 e. The van der Waals surface area contributed by atoms with Crippen LogP contribution in [0.5, 0.6) is 5.75 Å². The highest BCUT2D eigenvalue weighted by molar-refractivity contribution is 5.85. The van der Waals surface area contributed by atoms with Crippen molar-refractivity contribution in [2.24, 2.45) is 0 Å². The number of aliphatic carboxylic acids is 1. The van der Waals surface area contributed by atoms with Crippen LogP contribution >= 0.6 is 0 Å². The van der Waals surface area contributed by atoms with E-state index in [0.29, 0.717) is 0 Å². The highest BCUT2D eigenvalue weighted by Crippen LogP contribution is 2.21. The van der Waals surface area contributed by atoms with E-state index < -0.39 is 5.97 Å². The first-order valence-corrected chi connectivity index (χ1v) is 5.80. The number of carboxylic acid groups (broad SMARTS) is 1. The molecular formula is C14H18O3. The highest BCUT2D eigenvalue weighted by atomic mass is 16.5. The zero-order chi connectivity index (χ0) is 12.7. The first kappa shape index (κ1) is 13.3. The van der Waals surface area contributed by atoms with Crippen LogP contribution in [0.15, 0.2) is 30.3 Å². The number of hydrogen-bond donors (Lipinski definition) is 1. The van der Waals surface area contributed by atoms with Gasteiger partial charge in [-0.3, -0.25) is 0 Å². The molecule has 0 spiro atoms. The molecule has 3 nitrogen and oxygen atoms in total. The predicted molar refractivity (Wildman–Crippen MR) is 68.1 cm³/mol. The van der Waals surface area contributed by atoms with Crippen molar-refractivity contribution in [2.45, 2.75) is 32.8 Å². The average Bonchev–Trinajstić information content (AvgIpc) is 2.28. The maximum Gasteiger partial charge on any atom is 0.328 e. The first-order valence-electron chi connectivity index (χ1n) is 5.80. The highest BCUT2D eigenvalue weighted by Gasteiger charge is 2.05. The van der Waals surface area contributed by atoms with Gasteiger partial charge in [0.25, 0.3) is 0 Å². The number of rotatable bonds is 6. The number of para-hydroxylation sites is 1. The fourth-order valence-electron chi connectivity index (χ4n) is 1.57. The lowest BCUT2D eigenvalue weighted by atomic mass is 10.1. The molecule has 0 aliphatic heterocycles. The smallest absolute Gasteiger partial charge is 0.328 e. The second-order valence-corrected chi connectivity index (χ2v) is 3.93. The molecule has 0 aliphatic rings. The molecule has 1 unspecified atom stereocenters. The van der Waals surface area contributed by atoms with Crippen molar-refractivity contribution in [1.82, 2.24) is 0 Å². The average molecular weight is 234 g/mol. The lowest BCUT2D eigenvalue weighted by Gasteiger charge is -2.15. The maximum absolute atomic E-state index is 10.5. The van der Waals surface area contributed by atoms with Crippen molar-refractivity contribution in [3.8, 4) is 5.75 Å². The van der Waals surface area contributed by atoms with Gasteiger partial charge in [0.2, 0.25) is 0 Å². The third kappa shape index (κ3) is 4.72. The largest absolute Gasteiger partial charge is 0.490 e. The van der Waals surface area contributed by atoms with E-state index in [-0.39, 0.29) is 6.10 Å². The van der Waals surface area contributed by atoms with Crippen molar-refractivity contribution in [2.75, 3.05) is 0 Å². The van der Waals surface area contributed by atoms with Gasteiger partial charge in [-0.05, 0) is 25.5 Å². The van der Waals surface area contributed by atoms with Gasteiger partial charge < -0.3 is 9.84 Å². The number of carbonyl (C=O) groups is 1. The second-order valence-electron chi connectivity index (χ2n) is 3.93. The van der Waals surface area contributed by atoms with Crippen LogP contribution in [-0.2, 0) is 4.79 Å². The Labute approximate surface area is 102 Å². The van der Waals surface area contributed by atoms with E-state index in [1.54, 1.807) is 6.08 Å². The third-order valence-electron chi connectivity index (χ3n) is 2.35. The van der Waals surface area contributed by atoms with Crippen LogP contribution < -0.4 is 4.74 Å². The van der Waals surface area contributed by atoms with Crippen LogP contribution in [0, 0.1) is 0 Å². The molecule has 0 radical (unpaired) electrons. The summed E-state index contributed by atoms with van der Waals surface area (Å²) in [6.07, 6.45) is 4.85. The standard InChI is InChI=1S/C14H18O3/c1-3-6-11(2)17-13-8-5-4-7-12(13)9-10-14(15)16/h4-5,7-11H,3,6H2,1-2H3,(H,15,16)/b10-9+. The van der Waals surface area contributed by atoms with Gasteiger partial charge in [-0.2, -0.15) is 0 Å². The van der Waals surface area contributed by atoms with Gasteiger partial charge in [0, 0.05) is 11.6 Å². The van der Waals surface area contributed by atoms with E-state index in [2.05, 4.69) is 6.92 Å². The minimum absolute atomic E-state index is 0.138. The van der Waals surface area contributed by atoms with E-state index >= 15 is 0 Å². The third-order valence-corrected chi connectivity index (χ3v) is 2.35. The van der Waals surface area contributed by atoms with Crippen molar-refractivity contribution in [3.05, 3.63) is 35.9 Å². The monoisotopic (exact) mass is 234 g/mol. The summed E-state index contributed by atoms with van der Waals surface area (Å²) < 4.78 is 5.77. The molecule has 1 aromatic rings. The van der Waals surface area contributed by atoms with Gasteiger partial charge in [-0.15, -0.1) is 0 Å². The Balaban J connectivity index is 2.80. The molecule has 0 saturated heterocycles. The molecule has 1 aromatic carbocycles. The van der Waals surface area contributed by atoms with Gasteiger partial charge >= 0.3 is 5.97 Å². The summed E-state index contributed by atoms with van der Waals surface area (Å²) in [4.78, 5) is 10.5. The molecule has 0 saturated carbocycles. The van der Waals surface area contributed by atoms with Crippen LogP contribution in [-0.4, -0.2) is 17.2 Å². The Morgan fingerprint density at radius 1 is 1.47 bits per heavy atom. The molecule has 17 heavy (non-hydrogen) atoms. The molecule has 0 amide bonds. The van der Waals surface area contributed by atoms with Crippen molar-refractivity contribution < 1.29 is 14.6 Å². The van der Waals surface area contributed by atoms with E-state index in [1.807, 2.05) is 31.2 Å². The molecule has 0 bridgehead atoms. The number of carboxylic acids is 1. The van der Waals surface area contributed by atoms with Gasteiger partial charge in [-0.1, -0.05) is 31.5 Å². The van der Waals surface area contributed by atoms with Crippen LogP contribution in [0.4, 0.5) is 0 Å². The summed E-state index contributed by atoms with van der Waals surface area (Å²) in [5, 5.41) is 8.60. The van der Waals surface area contributed by atoms with Gasteiger partial charge in [0.05, 0.1) is 6.10 Å². The summed E-state index contributed by atoms with van der Waals surface area (Å²) in [5.41, 5.74) is 0.790. The molecular weight excluding hydrogens is 216 g/mol. The maximum atomic E-state index is 10.5. The number of hydrogen-bond acceptors (Lipinski definition) is 2. The van der Waals surface area contributed by atoms with E-state index in [0.717, 1.165) is 30.2 Å². The molecule has 1 rings (SSSR count). The molecule has 1 N–H and O–H groups in total. The zero-order valence-corrected chi connectivity index (χ0v) is 10.2. The molecule has 1 atom stereocenters. The molecule has 0 heterocycles. The molecule has 3 heteroatoms. The fraction of sp³-hybridized carbons (Fsp3) is 0.357. The Morgan fingerprint density at radius 3 is 2.82 bits per heavy atom. The van der Waals surface area contributed by atoms with Crippen LogP contribution in [0.25, 0.3) is 6.08 Å². The number of ether oxygens (including phenoxy) is 1. The van der Waals surface area contributed by atoms with Gasteiger partial charge in [0.1, 0.15) is 5.75 Å². The summed E-state index contributed by atoms with van der Waals surface area (Å²) in [7, 11) is 0. The van der Waals surface area contributed by atoms with Gasteiger partial charge in [0.15, 0.2) is 0 Å². The first-order chi connectivity index (χ1) is 8.13. The Bertz CT molecular complexity index is 396. The van der Waals surface area contributed by atoms with E-state index in [9.17, 15) is 4.79 Å². The van der Waals surface area contributed by atoms with Crippen LogP contribution in [0.3, 0.4) is 0 Å². The lowest BCUT2D eigenvalue weighted by molar-refractivity contribution is -0.131. The molecule has 0 fully saturated rings.